The van der Waals surface area contributed by atoms with Gasteiger partial charge >= 0.3 is 0 Å². The van der Waals surface area contributed by atoms with E-state index in [0.717, 1.165) is 37.8 Å². The van der Waals surface area contributed by atoms with Crippen LogP contribution in [0.25, 0.3) is 0 Å². The van der Waals surface area contributed by atoms with Crippen LogP contribution in [-0.4, -0.2) is 31.0 Å². The highest BCUT2D eigenvalue weighted by atomic mass is 16.5. The lowest BCUT2D eigenvalue weighted by molar-refractivity contribution is -0.137. The van der Waals surface area contributed by atoms with E-state index in [1.807, 2.05) is 18.2 Å². The average Bonchev–Trinajstić information content (AvgIpc) is 2.52. The largest absolute Gasteiger partial charge is 0.497 e. The standard InChI is InChI=1S/C16H20N2O3/c1-21-13-7-5-6-12(10-13)18-11-14(19)17-16(15(18)20)8-3-2-4-9-16/h5-7,10H,2-4,8-9,11H2,1H3,(H,17,19). The Morgan fingerprint density at radius 1 is 1.19 bits per heavy atom. The number of benzene rings is 1. The first-order valence-electron chi connectivity index (χ1n) is 7.42. The van der Waals surface area contributed by atoms with Gasteiger partial charge in [0.15, 0.2) is 0 Å². The van der Waals surface area contributed by atoms with Crippen LogP contribution < -0.4 is 15.0 Å². The Balaban J connectivity index is 1.93. The lowest BCUT2D eigenvalue weighted by atomic mass is 9.79. The molecule has 0 atom stereocenters. The monoisotopic (exact) mass is 288 g/mol. The van der Waals surface area contributed by atoms with Crippen LogP contribution in [0.1, 0.15) is 32.1 Å². The third-order valence-electron chi connectivity index (χ3n) is 4.41. The number of amides is 2. The van der Waals surface area contributed by atoms with E-state index in [-0.39, 0.29) is 18.4 Å². The fourth-order valence-electron chi connectivity index (χ4n) is 3.31. The van der Waals surface area contributed by atoms with Gasteiger partial charge < -0.3 is 15.0 Å². The van der Waals surface area contributed by atoms with Gasteiger partial charge in [-0.05, 0) is 25.0 Å². The predicted octanol–water partition coefficient (Wildman–Crippen LogP) is 1.86. The van der Waals surface area contributed by atoms with E-state index in [9.17, 15) is 9.59 Å². The molecule has 1 N–H and O–H groups in total. The van der Waals surface area contributed by atoms with Crippen molar-refractivity contribution in [1.82, 2.24) is 5.32 Å². The molecule has 0 unspecified atom stereocenters. The summed E-state index contributed by atoms with van der Waals surface area (Å²) in [7, 11) is 1.59. The molecule has 2 fully saturated rings. The molecule has 5 nitrogen and oxygen atoms in total. The summed E-state index contributed by atoms with van der Waals surface area (Å²) in [6.45, 7) is 0.0771. The van der Waals surface area contributed by atoms with Crippen molar-refractivity contribution in [3.63, 3.8) is 0 Å². The molecule has 1 saturated carbocycles. The minimum absolute atomic E-state index is 0.00931. The van der Waals surface area contributed by atoms with Crippen molar-refractivity contribution >= 4 is 17.5 Å². The SMILES string of the molecule is COc1cccc(N2CC(=O)NC3(CCCCC3)C2=O)c1. The molecule has 0 aromatic heterocycles. The minimum atomic E-state index is -0.698. The van der Waals surface area contributed by atoms with Gasteiger partial charge in [-0.25, -0.2) is 0 Å². The third kappa shape index (κ3) is 2.48. The number of rotatable bonds is 2. The van der Waals surface area contributed by atoms with Gasteiger partial charge in [-0.2, -0.15) is 0 Å². The summed E-state index contributed by atoms with van der Waals surface area (Å²) >= 11 is 0. The van der Waals surface area contributed by atoms with Gasteiger partial charge in [-0.3, -0.25) is 9.59 Å². The Labute approximate surface area is 124 Å². The smallest absolute Gasteiger partial charge is 0.253 e. The summed E-state index contributed by atoms with van der Waals surface area (Å²) in [6, 6.07) is 7.30. The molecule has 1 heterocycles. The fraction of sp³-hybridized carbons (Fsp3) is 0.500. The Morgan fingerprint density at radius 2 is 1.95 bits per heavy atom. The van der Waals surface area contributed by atoms with Crippen LogP contribution >= 0.6 is 0 Å². The number of hydrogen-bond donors (Lipinski definition) is 1. The van der Waals surface area contributed by atoms with E-state index < -0.39 is 5.54 Å². The van der Waals surface area contributed by atoms with E-state index in [2.05, 4.69) is 5.32 Å². The second-order valence-corrected chi connectivity index (χ2v) is 5.78. The fourth-order valence-corrected chi connectivity index (χ4v) is 3.31. The van der Waals surface area contributed by atoms with Crippen molar-refractivity contribution in [1.29, 1.82) is 0 Å². The molecule has 1 saturated heterocycles. The van der Waals surface area contributed by atoms with Crippen molar-refractivity contribution < 1.29 is 14.3 Å². The number of carbonyl (C=O) groups excluding carboxylic acids is 2. The maximum atomic E-state index is 12.9. The van der Waals surface area contributed by atoms with Gasteiger partial charge in [0, 0.05) is 11.8 Å². The van der Waals surface area contributed by atoms with E-state index in [0.29, 0.717) is 5.75 Å². The molecule has 21 heavy (non-hydrogen) atoms. The maximum absolute atomic E-state index is 12.9. The van der Waals surface area contributed by atoms with Gasteiger partial charge in [0.1, 0.15) is 17.8 Å². The average molecular weight is 288 g/mol. The summed E-state index contributed by atoms with van der Waals surface area (Å²) in [5.74, 6) is 0.610. The molecule has 2 amide bonds. The van der Waals surface area contributed by atoms with Crippen molar-refractivity contribution in [2.24, 2.45) is 0 Å². The van der Waals surface area contributed by atoms with Crippen molar-refractivity contribution in [3.8, 4) is 5.75 Å². The molecule has 3 rings (SSSR count). The second kappa shape index (κ2) is 5.39. The Morgan fingerprint density at radius 3 is 2.67 bits per heavy atom. The van der Waals surface area contributed by atoms with E-state index in [1.165, 1.54) is 0 Å². The third-order valence-corrected chi connectivity index (χ3v) is 4.41. The topological polar surface area (TPSA) is 58.6 Å². The molecule has 1 spiro atoms. The van der Waals surface area contributed by atoms with E-state index in [4.69, 9.17) is 4.74 Å². The molecule has 2 aliphatic rings. The Bertz CT molecular complexity index is 564. The number of methoxy groups -OCH3 is 1. The van der Waals surface area contributed by atoms with Crippen LogP contribution in [0.15, 0.2) is 24.3 Å². The van der Waals surface area contributed by atoms with Crippen molar-refractivity contribution in [2.45, 2.75) is 37.6 Å². The van der Waals surface area contributed by atoms with E-state index in [1.54, 1.807) is 18.1 Å². The number of carbonyl (C=O) groups is 2. The summed E-state index contributed by atoms with van der Waals surface area (Å²) < 4.78 is 5.21. The summed E-state index contributed by atoms with van der Waals surface area (Å²) in [5, 5.41) is 2.95. The number of ether oxygens (including phenoxy) is 1. The normalized spacial score (nSPS) is 21.3. The molecular formula is C16H20N2O3. The molecule has 112 valence electrons. The van der Waals surface area contributed by atoms with Crippen molar-refractivity contribution in [2.75, 3.05) is 18.6 Å². The van der Waals surface area contributed by atoms with Gasteiger partial charge in [0.05, 0.1) is 7.11 Å². The van der Waals surface area contributed by atoms with E-state index >= 15 is 0 Å². The highest BCUT2D eigenvalue weighted by Gasteiger charge is 2.47. The van der Waals surface area contributed by atoms with Crippen LogP contribution in [0, 0.1) is 0 Å². The van der Waals surface area contributed by atoms with Gasteiger partial charge in [-0.15, -0.1) is 0 Å². The second-order valence-electron chi connectivity index (χ2n) is 5.78. The molecule has 1 aliphatic carbocycles. The molecule has 1 aromatic rings. The van der Waals surface area contributed by atoms with Gasteiger partial charge in [0.25, 0.3) is 5.91 Å². The lowest BCUT2D eigenvalue weighted by Gasteiger charge is -2.44. The van der Waals surface area contributed by atoms with Gasteiger partial charge in [0.2, 0.25) is 5.91 Å². The van der Waals surface area contributed by atoms with Crippen LogP contribution in [0.5, 0.6) is 5.75 Å². The quantitative estimate of drug-likeness (QED) is 0.903. The van der Waals surface area contributed by atoms with Crippen LogP contribution in [-0.2, 0) is 9.59 Å². The molecule has 0 bridgehead atoms. The summed E-state index contributed by atoms with van der Waals surface area (Å²) in [6.07, 6.45) is 4.57. The Kier molecular flexibility index (Phi) is 3.57. The first kappa shape index (κ1) is 13.9. The molecular weight excluding hydrogens is 268 g/mol. The number of nitrogens with one attached hydrogen (secondary N) is 1. The summed E-state index contributed by atoms with van der Waals surface area (Å²) in [5.41, 5.74) is 0.0237. The first-order chi connectivity index (χ1) is 10.1. The molecule has 1 aromatic carbocycles. The maximum Gasteiger partial charge on any atom is 0.253 e. The van der Waals surface area contributed by atoms with Crippen LogP contribution in [0.2, 0.25) is 0 Å². The zero-order valence-corrected chi connectivity index (χ0v) is 12.2. The molecule has 5 heteroatoms. The predicted molar refractivity (Wildman–Crippen MR) is 79.3 cm³/mol. The summed E-state index contributed by atoms with van der Waals surface area (Å²) in [4.78, 5) is 26.6. The number of anilines is 1. The highest BCUT2D eigenvalue weighted by Crippen LogP contribution is 2.34. The number of piperazine rings is 1. The minimum Gasteiger partial charge on any atom is -0.497 e. The van der Waals surface area contributed by atoms with Crippen molar-refractivity contribution in [3.05, 3.63) is 24.3 Å². The lowest BCUT2D eigenvalue weighted by Crippen LogP contribution is -2.67. The Hall–Kier alpha value is -2.04. The zero-order chi connectivity index (χ0) is 14.9. The molecule has 0 radical (unpaired) electrons. The molecule has 1 aliphatic heterocycles. The highest BCUT2D eigenvalue weighted by molar-refractivity contribution is 6.09. The number of hydrogen-bond acceptors (Lipinski definition) is 3. The zero-order valence-electron chi connectivity index (χ0n) is 12.2. The van der Waals surface area contributed by atoms with Crippen LogP contribution in [0.4, 0.5) is 5.69 Å². The first-order valence-corrected chi connectivity index (χ1v) is 7.42. The van der Waals surface area contributed by atoms with Gasteiger partial charge in [-0.1, -0.05) is 25.3 Å². The number of nitrogens with zero attached hydrogens (tertiary/aromatic N) is 1. The van der Waals surface area contributed by atoms with Crippen LogP contribution in [0.3, 0.4) is 0 Å².